The Morgan fingerprint density at radius 1 is 1.30 bits per heavy atom. The van der Waals surface area contributed by atoms with Crippen molar-refractivity contribution in [2.24, 2.45) is 0 Å². The first-order valence-electron chi connectivity index (χ1n) is 2.69. The monoisotopic (exact) mass is 145 g/mol. The second kappa shape index (κ2) is 4.61. The zero-order chi connectivity index (χ0) is 6.69. The molecule has 3 heteroatoms. The SMILES string of the molecule is COc1ccccc1[NH-].[Na+]. The van der Waals surface area contributed by atoms with Gasteiger partial charge in [-0.3, -0.25) is 0 Å². The smallest absolute Gasteiger partial charge is 0.696 e. The summed E-state index contributed by atoms with van der Waals surface area (Å²) in [5.74, 6) is 0.623. The number of ether oxygens (including phenoxy) is 1. The minimum Gasteiger partial charge on any atom is -0.696 e. The van der Waals surface area contributed by atoms with Gasteiger partial charge in [0.2, 0.25) is 0 Å². The standard InChI is InChI=1S/C7H8NO.Na/c1-9-7-5-3-2-4-6(7)8;/h2-5,8H,1H3;/q-1;+1. The molecule has 48 valence electrons. The zero-order valence-electron chi connectivity index (χ0n) is 6.22. The second-order valence-electron chi connectivity index (χ2n) is 1.70. The first kappa shape index (κ1) is 9.82. The fourth-order valence-corrected chi connectivity index (χ4v) is 0.645. The molecule has 0 radical (unpaired) electrons. The summed E-state index contributed by atoms with van der Waals surface area (Å²) in [6.07, 6.45) is 0. The van der Waals surface area contributed by atoms with Crippen LogP contribution in [0.3, 0.4) is 0 Å². The molecule has 0 saturated heterocycles. The quantitative estimate of drug-likeness (QED) is 0.485. The molecule has 10 heavy (non-hydrogen) atoms. The minimum absolute atomic E-state index is 0. The van der Waals surface area contributed by atoms with E-state index in [0.29, 0.717) is 11.4 Å². The van der Waals surface area contributed by atoms with Gasteiger partial charge in [0.1, 0.15) is 5.75 Å². The Morgan fingerprint density at radius 2 is 1.90 bits per heavy atom. The van der Waals surface area contributed by atoms with Gasteiger partial charge in [-0.15, -0.1) is 0 Å². The average Bonchev–Trinajstić information content (AvgIpc) is 1.89. The summed E-state index contributed by atoms with van der Waals surface area (Å²) in [4.78, 5) is 0. The molecular weight excluding hydrogens is 137 g/mol. The molecule has 0 atom stereocenters. The molecule has 0 aliphatic carbocycles. The van der Waals surface area contributed by atoms with E-state index in [2.05, 4.69) is 0 Å². The van der Waals surface area contributed by atoms with Crippen molar-refractivity contribution in [1.29, 1.82) is 0 Å². The Hall–Kier alpha value is -0.180. The molecule has 0 saturated carbocycles. The summed E-state index contributed by atoms with van der Waals surface area (Å²) in [6.45, 7) is 0. The molecular formula is C7H8NNaO. The van der Waals surface area contributed by atoms with Crippen LogP contribution in [0.25, 0.3) is 5.73 Å². The molecule has 0 amide bonds. The fraction of sp³-hybridized carbons (Fsp3) is 0.143. The number of para-hydroxylation sites is 1. The van der Waals surface area contributed by atoms with Crippen LogP contribution in [0.5, 0.6) is 5.75 Å². The molecule has 2 nitrogen and oxygen atoms in total. The van der Waals surface area contributed by atoms with Gasteiger partial charge in [-0.2, -0.15) is 0 Å². The van der Waals surface area contributed by atoms with Crippen LogP contribution in [0.2, 0.25) is 0 Å². The topological polar surface area (TPSA) is 33.0 Å². The Balaban J connectivity index is 0.000000810. The molecule has 1 N–H and O–H groups in total. The zero-order valence-corrected chi connectivity index (χ0v) is 8.22. The number of nitrogens with one attached hydrogen (secondary N) is 1. The molecule has 0 heterocycles. The predicted octanol–water partition coefficient (Wildman–Crippen LogP) is -0.617. The van der Waals surface area contributed by atoms with Crippen LogP contribution in [0, 0.1) is 0 Å². The van der Waals surface area contributed by atoms with Crippen LogP contribution >= 0.6 is 0 Å². The van der Waals surface area contributed by atoms with Crippen molar-refractivity contribution in [3.8, 4) is 5.75 Å². The minimum atomic E-state index is 0. The molecule has 0 aliphatic heterocycles. The van der Waals surface area contributed by atoms with Crippen molar-refractivity contribution in [2.45, 2.75) is 0 Å². The molecule has 1 aromatic rings. The van der Waals surface area contributed by atoms with Crippen molar-refractivity contribution in [3.63, 3.8) is 0 Å². The fourth-order valence-electron chi connectivity index (χ4n) is 0.645. The van der Waals surface area contributed by atoms with Crippen molar-refractivity contribution in [2.75, 3.05) is 7.11 Å². The third-order valence-electron chi connectivity index (χ3n) is 1.11. The third-order valence-corrected chi connectivity index (χ3v) is 1.11. The van der Waals surface area contributed by atoms with Crippen LogP contribution in [0.1, 0.15) is 0 Å². The van der Waals surface area contributed by atoms with Crippen LogP contribution in [-0.2, 0) is 0 Å². The normalized spacial score (nSPS) is 8.10. The van der Waals surface area contributed by atoms with Crippen LogP contribution in [-0.4, -0.2) is 7.11 Å². The predicted molar refractivity (Wildman–Crippen MR) is 37.0 cm³/mol. The molecule has 1 aromatic carbocycles. The van der Waals surface area contributed by atoms with Gasteiger partial charge in [-0.25, -0.2) is 0 Å². The van der Waals surface area contributed by atoms with Crippen LogP contribution in [0.4, 0.5) is 5.69 Å². The van der Waals surface area contributed by atoms with Gasteiger partial charge < -0.3 is 10.5 Å². The first-order valence-corrected chi connectivity index (χ1v) is 2.69. The summed E-state index contributed by atoms with van der Waals surface area (Å²) in [6, 6.07) is 7.11. The molecule has 0 spiro atoms. The van der Waals surface area contributed by atoms with Gasteiger partial charge >= 0.3 is 29.6 Å². The van der Waals surface area contributed by atoms with Crippen molar-refractivity contribution in [3.05, 3.63) is 30.0 Å². The number of rotatable bonds is 1. The van der Waals surface area contributed by atoms with Gasteiger partial charge in [0.25, 0.3) is 0 Å². The van der Waals surface area contributed by atoms with E-state index >= 15 is 0 Å². The number of methoxy groups -OCH3 is 1. The van der Waals surface area contributed by atoms with Crippen molar-refractivity contribution < 1.29 is 34.3 Å². The van der Waals surface area contributed by atoms with Crippen LogP contribution < -0.4 is 34.3 Å². The van der Waals surface area contributed by atoms with E-state index in [9.17, 15) is 0 Å². The van der Waals surface area contributed by atoms with E-state index in [1.165, 1.54) is 0 Å². The van der Waals surface area contributed by atoms with Gasteiger partial charge in [0.15, 0.2) is 0 Å². The maximum atomic E-state index is 7.25. The summed E-state index contributed by atoms with van der Waals surface area (Å²) in [7, 11) is 1.56. The van der Waals surface area contributed by atoms with Crippen molar-refractivity contribution in [1.82, 2.24) is 0 Å². The summed E-state index contributed by atoms with van der Waals surface area (Å²) in [5.41, 5.74) is 7.68. The second-order valence-corrected chi connectivity index (χ2v) is 1.70. The Morgan fingerprint density at radius 3 is 2.30 bits per heavy atom. The molecule has 0 fully saturated rings. The van der Waals surface area contributed by atoms with E-state index in [-0.39, 0.29) is 29.6 Å². The third kappa shape index (κ3) is 2.21. The largest absolute Gasteiger partial charge is 1.00 e. The van der Waals surface area contributed by atoms with E-state index in [1.54, 1.807) is 19.2 Å². The van der Waals surface area contributed by atoms with Crippen molar-refractivity contribution >= 4 is 5.69 Å². The molecule has 0 unspecified atom stereocenters. The molecule has 0 aliphatic rings. The molecule has 0 bridgehead atoms. The maximum absolute atomic E-state index is 7.25. The Bertz CT molecular complexity index is 203. The van der Waals surface area contributed by atoms with E-state index in [0.717, 1.165) is 0 Å². The number of hydrogen-bond acceptors (Lipinski definition) is 1. The van der Waals surface area contributed by atoms with Gasteiger partial charge in [0.05, 0.1) is 7.11 Å². The molecule has 0 aromatic heterocycles. The van der Waals surface area contributed by atoms with Gasteiger partial charge in [0, 0.05) is 0 Å². The van der Waals surface area contributed by atoms with Gasteiger partial charge in [-0.1, -0.05) is 23.9 Å². The van der Waals surface area contributed by atoms with E-state index < -0.39 is 0 Å². The summed E-state index contributed by atoms with van der Waals surface area (Å²) >= 11 is 0. The van der Waals surface area contributed by atoms with E-state index in [1.807, 2.05) is 12.1 Å². The number of hydrogen-bond donors (Lipinski definition) is 0. The Kier molecular flexibility index (Phi) is 4.52. The molecule has 1 rings (SSSR count). The van der Waals surface area contributed by atoms with Crippen LogP contribution in [0.15, 0.2) is 24.3 Å². The van der Waals surface area contributed by atoms with E-state index in [4.69, 9.17) is 10.5 Å². The number of benzene rings is 1. The summed E-state index contributed by atoms with van der Waals surface area (Å²) < 4.78 is 4.86. The summed E-state index contributed by atoms with van der Waals surface area (Å²) in [5, 5.41) is 0. The maximum Gasteiger partial charge on any atom is 1.00 e. The first-order chi connectivity index (χ1) is 4.34. The van der Waals surface area contributed by atoms with Gasteiger partial charge in [-0.05, 0) is 6.07 Å². The Labute approximate surface area is 82.7 Å². The average molecular weight is 145 g/mol.